The molecule has 4 N–H and O–H groups in total. The molecule has 0 bridgehead atoms. The Morgan fingerprint density at radius 1 is 0.894 bits per heavy atom. The molecule has 2 aromatic carbocycles. The Bertz CT molecular complexity index is 1610. The summed E-state index contributed by atoms with van der Waals surface area (Å²) in [4.78, 5) is 24.2. The van der Waals surface area contributed by atoms with E-state index in [-0.39, 0.29) is 5.91 Å². The molecular formula is C34H46N8O5. The first-order valence-electron chi connectivity index (χ1n) is 16.1. The Morgan fingerprint density at radius 2 is 1.57 bits per heavy atom. The van der Waals surface area contributed by atoms with Crippen LogP contribution in [0.2, 0.25) is 0 Å². The van der Waals surface area contributed by atoms with Gasteiger partial charge in [0.05, 0.1) is 64.7 Å². The molecule has 0 radical (unpaired) electrons. The van der Waals surface area contributed by atoms with E-state index >= 15 is 0 Å². The smallest absolute Gasteiger partial charge is 0.229 e. The van der Waals surface area contributed by atoms with Crippen LogP contribution in [0.1, 0.15) is 28.7 Å². The second-order valence-electron chi connectivity index (χ2n) is 11.5. The Kier molecular flexibility index (Phi) is 12.5. The maximum atomic E-state index is 12.9. The average molecular weight is 647 g/mol. The molecule has 0 saturated carbocycles. The Morgan fingerprint density at radius 3 is 2.28 bits per heavy atom. The molecule has 0 unspecified atom stereocenters. The van der Waals surface area contributed by atoms with E-state index in [0.717, 1.165) is 39.9 Å². The van der Waals surface area contributed by atoms with E-state index in [1.807, 2.05) is 24.1 Å². The van der Waals surface area contributed by atoms with Crippen LogP contribution in [0.25, 0.3) is 11.0 Å². The van der Waals surface area contributed by atoms with E-state index in [4.69, 9.17) is 29.7 Å². The lowest BCUT2D eigenvalue weighted by Gasteiger charge is -2.29. The van der Waals surface area contributed by atoms with Gasteiger partial charge in [-0.25, -0.2) is 9.67 Å². The number of rotatable bonds is 18. The van der Waals surface area contributed by atoms with Crippen molar-refractivity contribution in [2.45, 2.75) is 33.2 Å². The maximum Gasteiger partial charge on any atom is 0.229 e. The Balaban J connectivity index is 1.07. The number of hydrogen-bond acceptors (Lipinski definition) is 11. The molecule has 1 aliphatic rings. The number of nitrogens with two attached hydrogens (primary N) is 1. The summed E-state index contributed by atoms with van der Waals surface area (Å²) in [5.41, 5.74) is 12.6. The van der Waals surface area contributed by atoms with Crippen molar-refractivity contribution >= 4 is 40.1 Å². The van der Waals surface area contributed by atoms with Crippen molar-refractivity contribution in [3.8, 4) is 0 Å². The lowest BCUT2D eigenvalue weighted by molar-refractivity contribution is -0.133. The quantitative estimate of drug-likeness (QED) is 0.136. The molecular weight excluding hydrogens is 600 g/mol. The van der Waals surface area contributed by atoms with E-state index in [2.05, 4.69) is 58.8 Å². The van der Waals surface area contributed by atoms with Gasteiger partial charge >= 0.3 is 0 Å². The number of nitrogens with zero attached hydrogens (tertiary/aromatic N) is 5. The van der Waals surface area contributed by atoms with Gasteiger partial charge in [-0.3, -0.25) is 4.79 Å². The molecule has 3 heterocycles. The second kappa shape index (κ2) is 17.1. The number of nitrogens with one attached hydrogen (secondary N) is 2. The summed E-state index contributed by atoms with van der Waals surface area (Å²) in [6.07, 6.45) is 2.93. The molecule has 0 saturated heterocycles. The summed E-state index contributed by atoms with van der Waals surface area (Å²) in [5.74, 6) is 1.27. The molecule has 1 amide bonds. The summed E-state index contributed by atoms with van der Waals surface area (Å²) >= 11 is 0. The van der Waals surface area contributed by atoms with Crippen LogP contribution in [-0.4, -0.2) is 96.5 Å². The molecule has 0 spiro atoms. The van der Waals surface area contributed by atoms with Gasteiger partial charge in [0.1, 0.15) is 0 Å². The molecule has 1 aliphatic heterocycles. The summed E-state index contributed by atoms with van der Waals surface area (Å²) < 4.78 is 23.5. The third-order valence-corrected chi connectivity index (χ3v) is 7.97. The van der Waals surface area contributed by atoms with E-state index in [1.54, 1.807) is 10.9 Å². The highest BCUT2D eigenvalue weighted by molar-refractivity contribution is 5.90. The van der Waals surface area contributed by atoms with Crippen LogP contribution in [0.4, 0.5) is 23.1 Å². The highest BCUT2D eigenvalue weighted by Gasteiger charge is 2.21. The molecule has 5 rings (SSSR count). The monoisotopic (exact) mass is 646 g/mol. The summed E-state index contributed by atoms with van der Waals surface area (Å²) in [5, 5.41) is 12.3. The van der Waals surface area contributed by atoms with Crippen LogP contribution < -0.4 is 16.4 Å². The number of benzene rings is 2. The van der Waals surface area contributed by atoms with Crippen molar-refractivity contribution in [2.24, 2.45) is 12.8 Å². The van der Waals surface area contributed by atoms with Gasteiger partial charge in [-0.05, 0) is 54.7 Å². The maximum absolute atomic E-state index is 12.9. The first-order valence-corrected chi connectivity index (χ1v) is 16.1. The van der Waals surface area contributed by atoms with Crippen molar-refractivity contribution < 1.29 is 23.7 Å². The van der Waals surface area contributed by atoms with Crippen molar-refractivity contribution in [3.63, 3.8) is 0 Å². The second-order valence-corrected chi connectivity index (χ2v) is 11.5. The van der Waals surface area contributed by atoms with Gasteiger partial charge in [-0.1, -0.05) is 24.3 Å². The lowest BCUT2D eigenvalue weighted by atomic mass is 9.99. The summed E-state index contributed by atoms with van der Waals surface area (Å²) in [6.45, 7) is 9.72. The number of aryl methyl sites for hydroxylation is 3. The highest BCUT2D eigenvalue weighted by atomic mass is 16.6. The number of carbonyl (C=O) groups excluding carboxylic acids is 1. The fourth-order valence-electron chi connectivity index (χ4n) is 5.46. The topological polar surface area (TPSA) is 151 Å². The number of anilines is 4. The number of ether oxygens (including phenoxy) is 4. The van der Waals surface area contributed by atoms with Crippen LogP contribution in [0.3, 0.4) is 0 Å². The molecule has 252 valence electrons. The predicted molar refractivity (Wildman–Crippen MR) is 181 cm³/mol. The Hall–Kier alpha value is -4.14. The number of aromatic nitrogens is 4. The minimum absolute atomic E-state index is 0.0791. The van der Waals surface area contributed by atoms with Gasteiger partial charge in [0.2, 0.25) is 11.9 Å². The van der Waals surface area contributed by atoms with Gasteiger partial charge < -0.3 is 40.2 Å². The number of carbonyl (C=O) groups is 1. The predicted octanol–water partition coefficient (Wildman–Crippen LogP) is 3.77. The van der Waals surface area contributed by atoms with Gasteiger partial charge in [-0.2, -0.15) is 10.1 Å². The zero-order valence-corrected chi connectivity index (χ0v) is 27.6. The zero-order valence-electron chi connectivity index (χ0n) is 27.6. The molecule has 13 heteroatoms. The minimum atomic E-state index is 0.0791. The SMILES string of the molecule is Cc1cccc(C)c1Nc1nn(C)c2nc(Nc3ccc4c(c3)CN(C(=O)CCOCCOCCOCCOCCN)CC4)ncc12. The fraction of sp³-hybridized carbons (Fsp3) is 0.471. The number of amides is 1. The van der Waals surface area contributed by atoms with Crippen LogP contribution in [0.15, 0.2) is 42.6 Å². The van der Waals surface area contributed by atoms with Crippen molar-refractivity contribution in [3.05, 3.63) is 64.8 Å². The van der Waals surface area contributed by atoms with E-state index < -0.39 is 0 Å². The first kappa shape index (κ1) is 34.2. The van der Waals surface area contributed by atoms with Crippen LogP contribution >= 0.6 is 0 Å². The van der Waals surface area contributed by atoms with Crippen LogP contribution in [0.5, 0.6) is 0 Å². The molecule has 4 aromatic rings. The highest BCUT2D eigenvalue weighted by Crippen LogP contribution is 2.29. The number of hydrogen-bond donors (Lipinski definition) is 3. The average Bonchev–Trinajstić information content (AvgIpc) is 3.38. The lowest BCUT2D eigenvalue weighted by Crippen LogP contribution is -2.36. The molecule has 0 aliphatic carbocycles. The summed E-state index contributed by atoms with van der Waals surface area (Å²) in [7, 11) is 1.87. The Labute approximate surface area is 275 Å². The van der Waals surface area contributed by atoms with Crippen LogP contribution in [0, 0.1) is 13.8 Å². The van der Waals surface area contributed by atoms with Gasteiger partial charge in [0.15, 0.2) is 11.5 Å². The minimum Gasteiger partial charge on any atom is -0.379 e. The first-order chi connectivity index (χ1) is 22.9. The van der Waals surface area contributed by atoms with Gasteiger partial charge in [-0.15, -0.1) is 0 Å². The normalized spacial score (nSPS) is 12.8. The molecule has 0 atom stereocenters. The van der Waals surface area contributed by atoms with Crippen molar-refractivity contribution in [2.75, 3.05) is 76.6 Å². The number of fused-ring (bicyclic) bond motifs is 2. The number of para-hydroxylation sites is 1. The standard InChI is InChI=1S/C34H46N8O5/c1-24-5-4-6-25(2)31(24)38-32-29-22-36-34(39-33(29)41(3)40-32)37-28-8-7-26-9-12-42(23-27(26)21-28)30(43)10-13-44-15-17-46-19-20-47-18-16-45-14-11-35/h4-8,21-22H,9-20,23,35H2,1-3H3,(H,38,40)(H,36,37,39). The van der Waals surface area contributed by atoms with Gasteiger partial charge in [0.25, 0.3) is 0 Å². The zero-order chi connectivity index (χ0) is 33.0. The molecule has 47 heavy (non-hydrogen) atoms. The fourth-order valence-corrected chi connectivity index (χ4v) is 5.46. The van der Waals surface area contributed by atoms with E-state index in [0.29, 0.717) is 96.3 Å². The molecule has 2 aromatic heterocycles. The third-order valence-electron chi connectivity index (χ3n) is 7.97. The summed E-state index contributed by atoms with van der Waals surface area (Å²) in [6, 6.07) is 12.4. The molecule has 0 fully saturated rings. The van der Waals surface area contributed by atoms with Crippen molar-refractivity contribution in [1.82, 2.24) is 24.6 Å². The van der Waals surface area contributed by atoms with Crippen molar-refractivity contribution in [1.29, 1.82) is 0 Å². The van der Waals surface area contributed by atoms with Gasteiger partial charge in [0, 0.05) is 44.3 Å². The van der Waals surface area contributed by atoms with Crippen LogP contribution in [-0.2, 0) is 43.8 Å². The largest absolute Gasteiger partial charge is 0.379 e. The third kappa shape index (κ3) is 9.46. The molecule has 13 nitrogen and oxygen atoms in total. The van der Waals surface area contributed by atoms with E-state index in [9.17, 15) is 4.79 Å². The van der Waals surface area contributed by atoms with E-state index in [1.165, 1.54) is 5.56 Å².